The second-order valence-electron chi connectivity index (χ2n) is 7.15. The summed E-state index contributed by atoms with van der Waals surface area (Å²) in [5.41, 5.74) is 3.44. The van der Waals surface area contributed by atoms with Crippen LogP contribution in [0.5, 0.6) is 0 Å². The van der Waals surface area contributed by atoms with Gasteiger partial charge in [-0.15, -0.1) is 0 Å². The molecule has 134 valence electrons. The third kappa shape index (κ3) is 4.48. The highest BCUT2D eigenvalue weighted by molar-refractivity contribution is 5.78. The Balaban J connectivity index is 1.57. The number of likely N-dealkylation sites (tertiary alicyclic amines) is 1. The highest BCUT2D eigenvalue weighted by Gasteiger charge is 2.29. The third-order valence-electron chi connectivity index (χ3n) is 4.89. The molecule has 0 bridgehead atoms. The molecule has 1 aliphatic rings. The minimum atomic E-state index is 0.225. The van der Waals surface area contributed by atoms with Gasteiger partial charge in [0.05, 0.1) is 24.8 Å². The summed E-state index contributed by atoms with van der Waals surface area (Å²) in [6.07, 6.45) is 2.14. The van der Waals surface area contributed by atoms with Crippen molar-refractivity contribution in [3.63, 3.8) is 0 Å². The van der Waals surface area contributed by atoms with Crippen LogP contribution >= 0.6 is 0 Å². The Morgan fingerprint density at radius 1 is 1.28 bits per heavy atom. The molecule has 1 unspecified atom stereocenters. The van der Waals surface area contributed by atoms with Crippen LogP contribution in [-0.2, 0) is 17.9 Å². The average Bonchev–Trinajstić information content (AvgIpc) is 3.15. The Morgan fingerprint density at radius 3 is 2.72 bits per heavy atom. The predicted octanol–water partition coefficient (Wildman–Crippen LogP) is 2.62. The van der Waals surface area contributed by atoms with Crippen molar-refractivity contribution in [1.82, 2.24) is 19.6 Å². The summed E-state index contributed by atoms with van der Waals surface area (Å²) in [5, 5.41) is 4.55. The second kappa shape index (κ2) is 7.83. The summed E-state index contributed by atoms with van der Waals surface area (Å²) in [5.74, 6) is 0.225. The van der Waals surface area contributed by atoms with Crippen molar-refractivity contribution < 1.29 is 4.79 Å². The van der Waals surface area contributed by atoms with Crippen LogP contribution in [-0.4, -0.2) is 51.7 Å². The summed E-state index contributed by atoms with van der Waals surface area (Å²) in [4.78, 5) is 16.9. The fraction of sp³-hybridized carbons (Fsp3) is 0.500. The smallest absolute Gasteiger partial charge is 0.237 e. The molecule has 0 N–H and O–H groups in total. The SMILES string of the molecule is Cc1cc(C)n(CC2CCCN2C(=O)CN(C)Cc2ccccc2)n1. The van der Waals surface area contributed by atoms with Crippen molar-refractivity contribution in [2.75, 3.05) is 20.1 Å². The summed E-state index contributed by atoms with van der Waals surface area (Å²) >= 11 is 0. The van der Waals surface area contributed by atoms with Crippen LogP contribution in [0.25, 0.3) is 0 Å². The van der Waals surface area contributed by atoms with Gasteiger partial charge in [0.2, 0.25) is 5.91 Å². The van der Waals surface area contributed by atoms with Crippen molar-refractivity contribution in [2.45, 2.75) is 45.8 Å². The second-order valence-corrected chi connectivity index (χ2v) is 7.15. The standard InChI is InChI=1S/C20H28N4O/c1-16-12-17(2)24(21-16)14-19-10-7-11-23(19)20(25)15-22(3)13-18-8-5-4-6-9-18/h4-6,8-9,12,19H,7,10-11,13-15H2,1-3H3. The molecule has 1 amide bonds. The van der Waals surface area contributed by atoms with Crippen LogP contribution < -0.4 is 0 Å². The first-order valence-electron chi connectivity index (χ1n) is 9.06. The van der Waals surface area contributed by atoms with Crippen LogP contribution in [0.3, 0.4) is 0 Å². The minimum Gasteiger partial charge on any atom is -0.337 e. The summed E-state index contributed by atoms with van der Waals surface area (Å²) in [7, 11) is 2.01. The van der Waals surface area contributed by atoms with E-state index in [0.717, 1.165) is 43.9 Å². The molecule has 0 radical (unpaired) electrons. The molecular formula is C20H28N4O. The molecule has 1 aromatic heterocycles. The molecule has 1 aromatic carbocycles. The maximum absolute atomic E-state index is 12.8. The van der Waals surface area contributed by atoms with E-state index in [-0.39, 0.29) is 11.9 Å². The highest BCUT2D eigenvalue weighted by atomic mass is 16.2. The molecule has 5 heteroatoms. The fourth-order valence-corrected chi connectivity index (χ4v) is 3.69. The number of carbonyl (C=O) groups is 1. The number of carbonyl (C=O) groups excluding carboxylic acids is 1. The van der Waals surface area contributed by atoms with Gasteiger partial charge in [0.15, 0.2) is 0 Å². The first-order valence-corrected chi connectivity index (χ1v) is 9.06. The molecule has 1 atom stereocenters. The first kappa shape index (κ1) is 17.7. The molecule has 0 saturated carbocycles. The molecule has 2 aromatic rings. The number of rotatable bonds is 6. The van der Waals surface area contributed by atoms with Gasteiger partial charge in [-0.25, -0.2) is 0 Å². The van der Waals surface area contributed by atoms with Crippen molar-refractivity contribution in [3.8, 4) is 0 Å². The number of benzene rings is 1. The topological polar surface area (TPSA) is 41.4 Å². The minimum absolute atomic E-state index is 0.225. The lowest BCUT2D eigenvalue weighted by atomic mass is 10.2. The van der Waals surface area contributed by atoms with E-state index in [1.807, 2.05) is 36.9 Å². The molecule has 0 aliphatic carbocycles. The Labute approximate surface area is 150 Å². The molecule has 5 nitrogen and oxygen atoms in total. The number of aromatic nitrogens is 2. The lowest BCUT2D eigenvalue weighted by Crippen LogP contribution is -2.43. The lowest BCUT2D eigenvalue weighted by molar-refractivity contribution is -0.133. The average molecular weight is 340 g/mol. The summed E-state index contributed by atoms with van der Waals surface area (Å²) in [6, 6.07) is 12.6. The van der Waals surface area contributed by atoms with Crippen LogP contribution in [0.2, 0.25) is 0 Å². The Hall–Kier alpha value is -2.14. The van der Waals surface area contributed by atoms with Crippen molar-refractivity contribution in [1.29, 1.82) is 0 Å². The largest absolute Gasteiger partial charge is 0.337 e. The van der Waals surface area contributed by atoms with Gasteiger partial charge in [0, 0.05) is 18.8 Å². The predicted molar refractivity (Wildman–Crippen MR) is 99.2 cm³/mol. The molecule has 3 rings (SSSR count). The molecular weight excluding hydrogens is 312 g/mol. The van der Waals surface area contributed by atoms with Crippen LogP contribution in [0.1, 0.15) is 29.8 Å². The van der Waals surface area contributed by atoms with E-state index in [9.17, 15) is 4.79 Å². The normalized spacial score (nSPS) is 17.4. The maximum Gasteiger partial charge on any atom is 0.237 e. The first-order chi connectivity index (χ1) is 12.0. The van der Waals surface area contributed by atoms with E-state index < -0.39 is 0 Å². The quantitative estimate of drug-likeness (QED) is 0.812. The van der Waals surface area contributed by atoms with E-state index in [1.165, 1.54) is 5.56 Å². The van der Waals surface area contributed by atoms with E-state index in [0.29, 0.717) is 6.54 Å². The monoisotopic (exact) mass is 340 g/mol. The number of hydrogen-bond donors (Lipinski definition) is 0. The number of amides is 1. The molecule has 1 fully saturated rings. The van der Waals surface area contributed by atoms with Crippen molar-refractivity contribution >= 4 is 5.91 Å². The zero-order valence-corrected chi connectivity index (χ0v) is 15.5. The van der Waals surface area contributed by atoms with E-state index >= 15 is 0 Å². The van der Waals surface area contributed by atoms with Gasteiger partial charge in [-0.2, -0.15) is 5.10 Å². The lowest BCUT2D eigenvalue weighted by Gasteiger charge is -2.27. The number of nitrogens with zero attached hydrogens (tertiary/aromatic N) is 4. The van der Waals surface area contributed by atoms with Gasteiger partial charge in [0.25, 0.3) is 0 Å². The van der Waals surface area contributed by atoms with E-state index in [4.69, 9.17) is 0 Å². The third-order valence-corrected chi connectivity index (χ3v) is 4.89. The molecule has 0 spiro atoms. The van der Waals surface area contributed by atoms with Gasteiger partial charge in [0.1, 0.15) is 0 Å². The van der Waals surface area contributed by atoms with Gasteiger partial charge >= 0.3 is 0 Å². The zero-order chi connectivity index (χ0) is 17.8. The Kier molecular flexibility index (Phi) is 5.53. The maximum atomic E-state index is 12.8. The zero-order valence-electron chi connectivity index (χ0n) is 15.5. The highest BCUT2D eigenvalue weighted by Crippen LogP contribution is 2.20. The molecule has 1 aliphatic heterocycles. The Bertz CT molecular complexity index is 710. The molecule has 1 saturated heterocycles. The van der Waals surface area contributed by atoms with Crippen LogP contribution in [0, 0.1) is 13.8 Å². The van der Waals surface area contributed by atoms with Gasteiger partial charge in [-0.05, 0) is 45.4 Å². The number of aryl methyl sites for hydroxylation is 2. The fourth-order valence-electron chi connectivity index (χ4n) is 3.69. The van der Waals surface area contributed by atoms with E-state index in [1.54, 1.807) is 0 Å². The van der Waals surface area contributed by atoms with Crippen molar-refractivity contribution in [3.05, 3.63) is 53.3 Å². The van der Waals surface area contributed by atoms with Gasteiger partial charge in [-0.3, -0.25) is 14.4 Å². The van der Waals surface area contributed by atoms with Crippen LogP contribution in [0.4, 0.5) is 0 Å². The Morgan fingerprint density at radius 2 is 2.04 bits per heavy atom. The number of likely N-dealkylation sites (N-methyl/N-ethyl adjacent to an activating group) is 1. The molecule has 25 heavy (non-hydrogen) atoms. The number of hydrogen-bond acceptors (Lipinski definition) is 3. The van der Waals surface area contributed by atoms with Gasteiger partial charge in [-0.1, -0.05) is 30.3 Å². The molecule has 2 heterocycles. The van der Waals surface area contributed by atoms with Crippen LogP contribution in [0.15, 0.2) is 36.4 Å². The van der Waals surface area contributed by atoms with Crippen molar-refractivity contribution in [2.24, 2.45) is 0 Å². The van der Waals surface area contributed by atoms with E-state index in [2.05, 4.69) is 40.0 Å². The summed E-state index contributed by atoms with van der Waals surface area (Å²) in [6.45, 7) is 7.01. The summed E-state index contributed by atoms with van der Waals surface area (Å²) < 4.78 is 2.04. The van der Waals surface area contributed by atoms with Gasteiger partial charge < -0.3 is 4.90 Å².